The summed E-state index contributed by atoms with van der Waals surface area (Å²) in [5.41, 5.74) is 0.761. The molecule has 1 fully saturated rings. The van der Waals surface area contributed by atoms with E-state index >= 15 is 0 Å². The van der Waals surface area contributed by atoms with Crippen LogP contribution in [0.4, 0.5) is 9.18 Å². The number of hydrogen-bond acceptors (Lipinski definition) is 4. The standard InChI is InChI=1S/C14H16FNO5/c1-20-10-7-16(12(11(10)15)13(17)18)14(19)21-8-9-5-3-2-4-6-9/h2-6,10-12H,7-8H2,1H3,(H,17,18)/t10-,11+,12+/m1/s1. The Labute approximate surface area is 121 Å². The molecule has 6 nitrogen and oxygen atoms in total. The first-order chi connectivity index (χ1) is 10.0. The van der Waals surface area contributed by atoms with Gasteiger partial charge in [0.25, 0.3) is 0 Å². The zero-order valence-corrected chi connectivity index (χ0v) is 11.4. The van der Waals surface area contributed by atoms with Gasteiger partial charge in [-0.05, 0) is 5.56 Å². The van der Waals surface area contributed by atoms with Gasteiger partial charge in [0, 0.05) is 7.11 Å². The first-order valence-corrected chi connectivity index (χ1v) is 6.41. The second kappa shape index (κ2) is 6.53. The summed E-state index contributed by atoms with van der Waals surface area (Å²) in [6.07, 6.45) is -3.61. The van der Waals surface area contributed by atoms with E-state index in [0.29, 0.717) is 0 Å². The molecule has 1 heterocycles. The first-order valence-electron chi connectivity index (χ1n) is 6.41. The van der Waals surface area contributed by atoms with Crippen molar-refractivity contribution in [3.63, 3.8) is 0 Å². The third kappa shape index (κ3) is 3.30. The number of hydrogen-bond donors (Lipinski definition) is 1. The average molecular weight is 297 g/mol. The fourth-order valence-corrected chi connectivity index (χ4v) is 2.25. The molecule has 1 aliphatic rings. The van der Waals surface area contributed by atoms with Crippen molar-refractivity contribution in [2.75, 3.05) is 13.7 Å². The lowest BCUT2D eigenvalue weighted by Gasteiger charge is -2.20. The Morgan fingerprint density at radius 1 is 1.38 bits per heavy atom. The Balaban J connectivity index is 2.02. The van der Waals surface area contributed by atoms with Crippen molar-refractivity contribution in [1.29, 1.82) is 0 Å². The molecule has 1 amide bonds. The number of rotatable bonds is 4. The molecule has 0 aliphatic carbocycles. The van der Waals surface area contributed by atoms with E-state index < -0.39 is 30.4 Å². The van der Waals surface area contributed by atoms with Crippen LogP contribution in [0.3, 0.4) is 0 Å². The van der Waals surface area contributed by atoms with Crippen molar-refractivity contribution < 1.29 is 28.6 Å². The number of carboxylic acids is 1. The van der Waals surface area contributed by atoms with Crippen LogP contribution in [0.15, 0.2) is 30.3 Å². The molecule has 0 spiro atoms. The Morgan fingerprint density at radius 2 is 2.05 bits per heavy atom. The molecule has 1 aliphatic heterocycles. The van der Waals surface area contributed by atoms with Gasteiger partial charge in [-0.1, -0.05) is 30.3 Å². The third-order valence-corrected chi connectivity index (χ3v) is 3.36. The summed E-state index contributed by atoms with van der Waals surface area (Å²) < 4.78 is 23.8. The number of aliphatic carboxylic acids is 1. The van der Waals surface area contributed by atoms with Crippen LogP contribution in [0.5, 0.6) is 0 Å². The highest BCUT2D eigenvalue weighted by Crippen LogP contribution is 2.25. The molecule has 0 aromatic heterocycles. The molecule has 0 bridgehead atoms. The number of carbonyl (C=O) groups excluding carboxylic acids is 1. The van der Waals surface area contributed by atoms with E-state index in [9.17, 15) is 14.0 Å². The highest BCUT2D eigenvalue weighted by Gasteiger charge is 2.49. The number of likely N-dealkylation sites (tertiary alicyclic amines) is 1. The second-order valence-corrected chi connectivity index (χ2v) is 4.69. The zero-order valence-electron chi connectivity index (χ0n) is 11.4. The van der Waals surface area contributed by atoms with E-state index in [2.05, 4.69) is 0 Å². The summed E-state index contributed by atoms with van der Waals surface area (Å²) in [6.45, 7) is -0.153. The fraction of sp³-hybridized carbons (Fsp3) is 0.429. The zero-order chi connectivity index (χ0) is 15.4. The van der Waals surface area contributed by atoms with Crippen LogP contribution in [0.1, 0.15) is 5.56 Å². The van der Waals surface area contributed by atoms with E-state index in [1.807, 2.05) is 6.07 Å². The lowest BCUT2D eigenvalue weighted by Crippen LogP contribution is -2.44. The number of amides is 1. The number of benzene rings is 1. The van der Waals surface area contributed by atoms with Gasteiger partial charge in [0.1, 0.15) is 12.7 Å². The number of methoxy groups -OCH3 is 1. The van der Waals surface area contributed by atoms with E-state index in [0.717, 1.165) is 10.5 Å². The van der Waals surface area contributed by atoms with E-state index in [1.54, 1.807) is 24.3 Å². The Morgan fingerprint density at radius 3 is 2.62 bits per heavy atom. The molecular formula is C14H16FNO5. The van der Waals surface area contributed by atoms with Crippen molar-refractivity contribution >= 4 is 12.1 Å². The summed E-state index contributed by atoms with van der Waals surface area (Å²) in [7, 11) is 1.27. The summed E-state index contributed by atoms with van der Waals surface area (Å²) in [5, 5.41) is 9.06. The van der Waals surface area contributed by atoms with Gasteiger partial charge < -0.3 is 14.6 Å². The smallest absolute Gasteiger partial charge is 0.411 e. The second-order valence-electron chi connectivity index (χ2n) is 4.69. The number of carbonyl (C=O) groups is 2. The Bertz CT molecular complexity index is 509. The molecule has 114 valence electrons. The maximum absolute atomic E-state index is 13.9. The molecule has 2 rings (SSSR count). The quantitative estimate of drug-likeness (QED) is 0.910. The summed E-state index contributed by atoms with van der Waals surface area (Å²) in [5.74, 6) is -1.42. The molecule has 0 unspecified atom stereocenters. The van der Waals surface area contributed by atoms with Crippen LogP contribution in [-0.4, -0.2) is 54.0 Å². The van der Waals surface area contributed by atoms with Crippen LogP contribution >= 0.6 is 0 Å². The monoisotopic (exact) mass is 297 g/mol. The third-order valence-electron chi connectivity index (χ3n) is 3.36. The van der Waals surface area contributed by atoms with Gasteiger partial charge in [-0.2, -0.15) is 0 Å². The number of halogens is 1. The van der Waals surface area contributed by atoms with Crippen molar-refractivity contribution in [2.24, 2.45) is 0 Å². The maximum Gasteiger partial charge on any atom is 0.411 e. The number of alkyl halides is 1. The van der Waals surface area contributed by atoms with Crippen molar-refractivity contribution in [3.05, 3.63) is 35.9 Å². The van der Waals surface area contributed by atoms with Crippen LogP contribution < -0.4 is 0 Å². The highest BCUT2D eigenvalue weighted by atomic mass is 19.1. The molecule has 21 heavy (non-hydrogen) atoms. The van der Waals surface area contributed by atoms with Crippen LogP contribution in [0.2, 0.25) is 0 Å². The van der Waals surface area contributed by atoms with Crippen LogP contribution in [0, 0.1) is 0 Å². The minimum absolute atomic E-state index is 0.00286. The molecule has 7 heteroatoms. The summed E-state index contributed by atoms with van der Waals surface area (Å²) >= 11 is 0. The molecule has 1 N–H and O–H groups in total. The van der Waals surface area contributed by atoms with Crippen LogP contribution in [-0.2, 0) is 20.9 Å². The van der Waals surface area contributed by atoms with E-state index in [1.165, 1.54) is 7.11 Å². The van der Waals surface area contributed by atoms with Gasteiger partial charge in [0.05, 0.1) is 6.54 Å². The Kier molecular flexibility index (Phi) is 4.74. The maximum atomic E-state index is 13.9. The minimum atomic E-state index is -1.78. The van der Waals surface area contributed by atoms with E-state index in [-0.39, 0.29) is 13.2 Å². The minimum Gasteiger partial charge on any atom is -0.480 e. The molecule has 0 saturated carbocycles. The van der Waals surface area contributed by atoms with Crippen LogP contribution in [0.25, 0.3) is 0 Å². The predicted molar refractivity (Wildman–Crippen MR) is 70.4 cm³/mol. The summed E-state index contributed by atoms with van der Waals surface area (Å²) in [4.78, 5) is 23.9. The first kappa shape index (κ1) is 15.2. The van der Waals surface area contributed by atoms with Gasteiger partial charge >= 0.3 is 12.1 Å². The average Bonchev–Trinajstić information content (AvgIpc) is 2.82. The summed E-state index contributed by atoms with van der Waals surface area (Å²) in [6, 6.07) is 7.35. The SMILES string of the molecule is CO[C@@H]1CN(C(=O)OCc2ccccc2)[C@H](C(=O)O)[C@H]1F. The van der Waals surface area contributed by atoms with Crippen molar-refractivity contribution in [1.82, 2.24) is 4.90 Å². The topological polar surface area (TPSA) is 76.1 Å². The van der Waals surface area contributed by atoms with Crippen molar-refractivity contribution in [2.45, 2.75) is 24.9 Å². The van der Waals surface area contributed by atoms with Gasteiger partial charge in [0.15, 0.2) is 12.2 Å². The molecule has 0 radical (unpaired) electrons. The lowest BCUT2D eigenvalue weighted by molar-refractivity contribution is -0.143. The van der Waals surface area contributed by atoms with Gasteiger partial charge in [-0.3, -0.25) is 4.90 Å². The molecule has 3 atom stereocenters. The normalized spacial score (nSPS) is 24.9. The number of carboxylic acid groups (broad SMARTS) is 1. The number of nitrogens with zero attached hydrogens (tertiary/aromatic N) is 1. The molecular weight excluding hydrogens is 281 g/mol. The van der Waals surface area contributed by atoms with Gasteiger partial charge in [0.2, 0.25) is 0 Å². The molecule has 1 aromatic rings. The predicted octanol–water partition coefficient (Wildman–Crippen LogP) is 1.45. The molecule has 1 aromatic carbocycles. The Hall–Kier alpha value is -2.15. The van der Waals surface area contributed by atoms with Crippen molar-refractivity contribution in [3.8, 4) is 0 Å². The van der Waals surface area contributed by atoms with Gasteiger partial charge in [-0.25, -0.2) is 14.0 Å². The van der Waals surface area contributed by atoms with Gasteiger partial charge in [-0.15, -0.1) is 0 Å². The number of ether oxygens (including phenoxy) is 2. The largest absolute Gasteiger partial charge is 0.480 e. The van der Waals surface area contributed by atoms with E-state index in [4.69, 9.17) is 14.6 Å². The molecule has 1 saturated heterocycles. The fourth-order valence-electron chi connectivity index (χ4n) is 2.25. The lowest BCUT2D eigenvalue weighted by atomic mass is 10.1. The highest BCUT2D eigenvalue weighted by molar-refractivity contribution is 5.81.